The summed E-state index contributed by atoms with van der Waals surface area (Å²) >= 11 is 0. The van der Waals surface area contributed by atoms with Crippen LogP contribution in [-0.2, 0) is 17.8 Å². The third kappa shape index (κ3) is 7.39. The fourth-order valence-corrected chi connectivity index (χ4v) is 2.16. The Morgan fingerprint density at radius 3 is 2.52 bits per heavy atom. The number of carbonyl (C=O) groups is 1. The molecule has 0 bridgehead atoms. The Morgan fingerprint density at radius 2 is 1.91 bits per heavy atom. The average Bonchev–Trinajstić information content (AvgIpc) is 2.87. The number of imidazole rings is 1. The quantitative estimate of drug-likeness (QED) is 0.590. The number of hydrogen-bond acceptors (Lipinski definition) is 3. The molecule has 128 valence electrons. The Morgan fingerprint density at radius 1 is 1.22 bits per heavy atom. The molecule has 0 radical (unpaired) electrons. The largest absolute Gasteiger partial charge is 0.399 e. The van der Waals surface area contributed by atoms with Gasteiger partial charge in [0.15, 0.2) is 0 Å². The van der Waals surface area contributed by atoms with Gasteiger partial charge in [0.1, 0.15) is 5.82 Å². The lowest BCUT2D eigenvalue weighted by atomic mass is 10.1. The number of nitrogens with one attached hydrogen (secondary N) is 1. The van der Waals surface area contributed by atoms with Crippen molar-refractivity contribution in [1.29, 1.82) is 0 Å². The lowest BCUT2D eigenvalue weighted by molar-refractivity contribution is -0.120. The molecule has 0 aliphatic rings. The number of aryl methyl sites for hydroxylation is 2. The molecule has 0 saturated heterocycles. The first kappa shape index (κ1) is 21.3. The van der Waals surface area contributed by atoms with Crippen molar-refractivity contribution in [3.05, 3.63) is 48.0 Å². The molecule has 0 atom stereocenters. The van der Waals surface area contributed by atoms with Crippen LogP contribution < -0.4 is 11.1 Å². The van der Waals surface area contributed by atoms with Gasteiger partial charge in [-0.2, -0.15) is 0 Å². The third-order valence-corrected chi connectivity index (χ3v) is 3.42. The van der Waals surface area contributed by atoms with Crippen molar-refractivity contribution >= 4 is 36.4 Å². The summed E-state index contributed by atoms with van der Waals surface area (Å²) in [5.41, 5.74) is 7.31. The second kappa shape index (κ2) is 10.9. The fraction of sp³-hybridized carbons (Fsp3) is 0.375. The van der Waals surface area contributed by atoms with Crippen molar-refractivity contribution in [2.24, 2.45) is 0 Å². The number of benzene rings is 1. The Hall–Kier alpha value is -1.72. The normalized spacial score (nSPS) is 9.61. The van der Waals surface area contributed by atoms with Gasteiger partial charge in [0, 0.05) is 31.2 Å². The molecule has 0 aliphatic carbocycles. The van der Waals surface area contributed by atoms with Gasteiger partial charge >= 0.3 is 0 Å². The highest BCUT2D eigenvalue weighted by molar-refractivity contribution is 5.85. The highest BCUT2D eigenvalue weighted by atomic mass is 35.5. The first-order chi connectivity index (χ1) is 10.1. The van der Waals surface area contributed by atoms with Crippen LogP contribution in [0.15, 0.2) is 36.7 Å². The zero-order chi connectivity index (χ0) is 15.1. The van der Waals surface area contributed by atoms with Crippen molar-refractivity contribution in [3.8, 4) is 0 Å². The maximum atomic E-state index is 11.8. The lowest BCUT2D eigenvalue weighted by Crippen LogP contribution is -2.26. The maximum absolute atomic E-state index is 11.8. The van der Waals surface area contributed by atoms with Crippen LogP contribution in [0.4, 0.5) is 5.69 Å². The molecule has 0 saturated carbocycles. The summed E-state index contributed by atoms with van der Waals surface area (Å²) in [6.45, 7) is 3.65. The highest BCUT2D eigenvalue weighted by Gasteiger charge is 2.03. The molecule has 0 fully saturated rings. The number of anilines is 1. The SMILES string of the molecule is Cc1nccn1CCCCNC(=O)Cc1ccc(N)cc1.Cl.Cl. The van der Waals surface area contributed by atoms with Crippen molar-refractivity contribution in [3.63, 3.8) is 0 Å². The molecule has 1 amide bonds. The van der Waals surface area contributed by atoms with Crippen molar-refractivity contribution in [2.75, 3.05) is 12.3 Å². The van der Waals surface area contributed by atoms with Gasteiger partial charge in [-0.1, -0.05) is 12.1 Å². The predicted molar refractivity (Wildman–Crippen MR) is 98.3 cm³/mol. The molecule has 2 rings (SSSR count). The minimum atomic E-state index is 0. The molecule has 23 heavy (non-hydrogen) atoms. The second-order valence-electron chi connectivity index (χ2n) is 5.14. The number of halogens is 2. The average molecular weight is 359 g/mol. The molecule has 1 aromatic heterocycles. The first-order valence-corrected chi connectivity index (χ1v) is 7.24. The van der Waals surface area contributed by atoms with Crippen molar-refractivity contribution < 1.29 is 4.79 Å². The molecular formula is C16H24Cl2N4O. The van der Waals surface area contributed by atoms with Gasteiger partial charge in [0.05, 0.1) is 6.42 Å². The molecule has 0 spiro atoms. The van der Waals surface area contributed by atoms with Gasteiger partial charge in [-0.25, -0.2) is 4.98 Å². The Balaban J connectivity index is 0.00000242. The van der Waals surface area contributed by atoms with Crippen molar-refractivity contribution in [1.82, 2.24) is 14.9 Å². The summed E-state index contributed by atoms with van der Waals surface area (Å²) < 4.78 is 2.12. The van der Waals surface area contributed by atoms with Crippen molar-refractivity contribution in [2.45, 2.75) is 32.7 Å². The summed E-state index contributed by atoms with van der Waals surface area (Å²) in [5, 5.41) is 2.95. The van der Waals surface area contributed by atoms with Gasteiger partial charge in [-0.05, 0) is 37.5 Å². The molecule has 5 nitrogen and oxygen atoms in total. The smallest absolute Gasteiger partial charge is 0.224 e. The number of rotatable bonds is 7. The number of nitrogens with zero attached hydrogens (tertiary/aromatic N) is 2. The fourth-order valence-electron chi connectivity index (χ4n) is 2.16. The van der Waals surface area contributed by atoms with Crippen LogP contribution >= 0.6 is 24.8 Å². The van der Waals surface area contributed by atoms with Gasteiger partial charge < -0.3 is 15.6 Å². The third-order valence-electron chi connectivity index (χ3n) is 3.42. The second-order valence-corrected chi connectivity index (χ2v) is 5.14. The standard InChI is InChI=1S/C16H22N4O.2ClH/c1-13-18-9-11-20(13)10-3-2-8-19-16(21)12-14-4-6-15(17)7-5-14;;/h4-7,9,11H,2-3,8,10,12,17H2,1H3,(H,19,21);2*1H. The van der Waals surface area contributed by atoms with E-state index in [1.54, 1.807) is 0 Å². The number of carbonyl (C=O) groups excluding carboxylic acids is 1. The number of amides is 1. The molecule has 2 aromatic rings. The summed E-state index contributed by atoms with van der Waals surface area (Å²) in [6.07, 6.45) is 6.18. The Bertz CT molecular complexity index is 584. The predicted octanol–water partition coefficient (Wildman–Crippen LogP) is 2.76. The van der Waals surface area contributed by atoms with Gasteiger partial charge in [0.2, 0.25) is 5.91 Å². The monoisotopic (exact) mass is 358 g/mol. The molecule has 1 heterocycles. The summed E-state index contributed by atoms with van der Waals surface area (Å²) in [7, 11) is 0. The van der Waals surface area contributed by atoms with E-state index < -0.39 is 0 Å². The van der Waals surface area contributed by atoms with Crippen LogP contribution in [0.25, 0.3) is 0 Å². The number of hydrogen-bond donors (Lipinski definition) is 2. The minimum Gasteiger partial charge on any atom is -0.399 e. The number of nitrogens with two attached hydrogens (primary N) is 1. The molecule has 7 heteroatoms. The first-order valence-electron chi connectivity index (χ1n) is 7.24. The molecule has 1 aromatic carbocycles. The van der Waals surface area contributed by atoms with E-state index in [9.17, 15) is 4.79 Å². The number of aromatic nitrogens is 2. The van der Waals surface area contributed by atoms with Crippen LogP contribution in [0, 0.1) is 6.92 Å². The van der Waals surface area contributed by atoms with E-state index in [-0.39, 0.29) is 30.7 Å². The maximum Gasteiger partial charge on any atom is 0.224 e. The van der Waals surface area contributed by atoms with Crippen LogP contribution in [0.5, 0.6) is 0 Å². The molecular weight excluding hydrogens is 335 g/mol. The van der Waals surface area contributed by atoms with E-state index in [2.05, 4.69) is 14.9 Å². The summed E-state index contributed by atoms with van der Waals surface area (Å²) in [4.78, 5) is 16.0. The van der Waals surface area contributed by atoms with E-state index in [1.807, 2.05) is 43.6 Å². The van der Waals surface area contributed by atoms with Crippen LogP contribution in [-0.4, -0.2) is 22.0 Å². The van der Waals surface area contributed by atoms with E-state index in [0.29, 0.717) is 18.7 Å². The zero-order valence-electron chi connectivity index (χ0n) is 13.2. The van der Waals surface area contributed by atoms with Crippen LogP contribution in [0.1, 0.15) is 24.2 Å². The van der Waals surface area contributed by atoms with Gasteiger partial charge in [-0.3, -0.25) is 4.79 Å². The summed E-state index contributed by atoms with van der Waals surface area (Å²) in [5.74, 6) is 1.08. The van der Waals surface area contributed by atoms with E-state index >= 15 is 0 Å². The van der Waals surface area contributed by atoms with E-state index in [0.717, 1.165) is 30.8 Å². The Kier molecular flexibility index (Phi) is 10.1. The van der Waals surface area contributed by atoms with E-state index in [4.69, 9.17) is 5.73 Å². The van der Waals surface area contributed by atoms with Crippen LogP contribution in [0.3, 0.4) is 0 Å². The highest BCUT2D eigenvalue weighted by Crippen LogP contribution is 2.06. The molecule has 0 aliphatic heterocycles. The number of nitrogen functional groups attached to an aromatic ring is 1. The lowest BCUT2D eigenvalue weighted by Gasteiger charge is -2.07. The topological polar surface area (TPSA) is 72.9 Å². The van der Waals surface area contributed by atoms with E-state index in [1.165, 1.54) is 0 Å². The minimum absolute atomic E-state index is 0. The zero-order valence-corrected chi connectivity index (χ0v) is 14.8. The van der Waals surface area contributed by atoms with Gasteiger partial charge in [-0.15, -0.1) is 24.8 Å². The molecule has 3 N–H and O–H groups in total. The van der Waals surface area contributed by atoms with Crippen LogP contribution in [0.2, 0.25) is 0 Å². The van der Waals surface area contributed by atoms with Gasteiger partial charge in [0.25, 0.3) is 0 Å². The molecule has 0 unspecified atom stereocenters. The summed E-state index contributed by atoms with van der Waals surface area (Å²) in [6, 6.07) is 7.40. The Labute approximate surface area is 149 Å². The number of unbranched alkanes of at least 4 members (excludes halogenated alkanes) is 1.